The summed E-state index contributed by atoms with van der Waals surface area (Å²) in [5, 5.41) is 0. The Balaban J connectivity index is 1.82. The van der Waals surface area contributed by atoms with Gasteiger partial charge in [-0.1, -0.05) is 6.92 Å². The molecule has 100 valence electrons. The van der Waals surface area contributed by atoms with Gasteiger partial charge in [-0.05, 0) is 43.9 Å². The first-order chi connectivity index (χ1) is 8.20. The molecule has 0 heterocycles. The third kappa shape index (κ3) is 3.94. The van der Waals surface area contributed by atoms with Gasteiger partial charge in [0.1, 0.15) is 0 Å². The van der Waals surface area contributed by atoms with Crippen molar-refractivity contribution in [1.29, 1.82) is 0 Å². The molecule has 0 radical (unpaired) electrons. The van der Waals surface area contributed by atoms with Gasteiger partial charge in [0.2, 0.25) is 0 Å². The van der Waals surface area contributed by atoms with Crippen molar-refractivity contribution >= 4 is 0 Å². The zero-order valence-corrected chi connectivity index (χ0v) is 11.4. The van der Waals surface area contributed by atoms with Crippen molar-refractivity contribution in [2.75, 3.05) is 26.8 Å². The smallest absolute Gasteiger partial charge is 0.0589 e. The van der Waals surface area contributed by atoms with Crippen LogP contribution in [0.15, 0.2) is 0 Å². The van der Waals surface area contributed by atoms with E-state index in [0.717, 1.165) is 25.1 Å². The zero-order chi connectivity index (χ0) is 12.3. The van der Waals surface area contributed by atoms with Crippen molar-refractivity contribution < 1.29 is 4.74 Å². The van der Waals surface area contributed by atoms with Crippen LogP contribution in [-0.4, -0.2) is 43.8 Å². The summed E-state index contributed by atoms with van der Waals surface area (Å²) in [5.41, 5.74) is 6.28. The molecule has 0 aliphatic heterocycles. The number of ether oxygens (including phenoxy) is 1. The third-order valence-electron chi connectivity index (χ3n) is 4.42. The van der Waals surface area contributed by atoms with E-state index < -0.39 is 0 Å². The van der Waals surface area contributed by atoms with Crippen LogP contribution in [0.4, 0.5) is 0 Å². The predicted molar refractivity (Wildman–Crippen MR) is 71.0 cm³/mol. The molecule has 2 fully saturated rings. The maximum atomic E-state index is 6.28. The van der Waals surface area contributed by atoms with Gasteiger partial charge in [-0.25, -0.2) is 0 Å². The summed E-state index contributed by atoms with van der Waals surface area (Å²) in [7, 11) is 1.79. The van der Waals surface area contributed by atoms with Gasteiger partial charge in [0, 0.05) is 32.3 Å². The van der Waals surface area contributed by atoms with Crippen molar-refractivity contribution in [3.63, 3.8) is 0 Å². The van der Waals surface area contributed by atoms with Crippen LogP contribution in [0.2, 0.25) is 0 Å². The van der Waals surface area contributed by atoms with Crippen LogP contribution in [0.3, 0.4) is 0 Å². The maximum absolute atomic E-state index is 6.28. The Morgan fingerprint density at radius 3 is 2.65 bits per heavy atom. The maximum Gasteiger partial charge on any atom is 0.0589 e. The SMILES string of the molecule is COCCN(CC1CC(C)CCC1N)C1CC1. The average molecular weight is 240 g/mol. The van der Waals surface area contributed by atoms with E-state index in [1.165, 1.54) is 38.6 Å². The Morgan fingerprint density at radius 2 is 2.00 bits per heavy atom. The Labute approximate surface area is 106 Å². The highest BCUT2D eigenvalue weighted by molar-refractivity contribution is 4.89. The highest BCUT2D eigenvalue weighted by atomic mass is 16.5. The topological polar surface area (TPSA) is 38.5 Å². The van der Waals surface area contributed by atoms with Crippen molar-refractivity contribution in [3.8, 4) is 0 Å². The summed E-state index contributed by atoms with van der Waals surface area (Å²) in [4.78, 5) is 2.62. The lowest BCUT2D eigenvalue weighted by Crippen LogP contribution is -2.44. The van der Waals surface area contributed by atoms with E-state index in [0.29, 0.717) is 12.0 Å². The number of nitrogens with two attached hydrogens (primary N) is 1. The van der Waals surface area contributed by atoms with E-state index in [1.807, 2.05) is 0 Å². The summed E-state index contributed by atoms with van der Waals surface area (Å²) < 4.78 is 5.21. The predicted octanol–water partition coefficient (Wildman–Crippen LogP) is 1.86. The Morgan fingerprint density at radius 1 is 1.24 bits per heavy atom. The molecule has 17 heavy (non-hydrogen) atoms. The lowest BCUT2D eigenvalue weighted by molar-refractivity contribution is 0.111. The van der Waals surface area contributed by atoms with Crippen LogP contribution >= 0.6 is 0 Å². The van der Waals surface area contributed by atoms with Gasteiger partial charge in [0.25, 0.3) is 0 Å². The molecule has 3 nitrogen and oxygen atoms in total. The first kappa shape index (κ1) is 13.3. The molecule has 3 atom stereocenters. The van der Waals surface area contributed by atoms with E-state index in [1.54, 1.807) is 7.11 Å². The van der Waals surface area contributed by atoms with Crippen LogP contribution in [0, 0.1) is 11.8 Å². The number of methoxy groups -OCH3 is 1. The molecule has 2 N–H and O–H groups in total. The van der Waals surface area contributed by atoms with Gasteiger partial charge >= 0.3 is 0 Å². The van der Waals surface area contributed by atoms with Gasteiger partial charge < -0.3 is 10.5 Å². The van der Waals surface area contributed by atoms with Gasteiger partial charge in [-0.3, -0.25) is 4.90 Å². The fraction of sp³-hybridized carbons (Fsp3) is 1.00. The van der Waals surface area contributed by atoms with Crippen molar-refractivity contribution in [2.45, 2.75) is 51.1 Å². The number of nitrogens with zero attached hydrogens (tertiary/aromatic N) is 1. The summed E-state index contributed by atoms with van der Waals surface area (Å²) in [6.45, 7) is 5.50. The molecule has 2 rings (SSSR count). The summed E-state index contributed by atoms with van der Waals surface area (Å²) in [5.74, 6) is 1.57. The fourth-order valence-corrected chi connectivity index (χ4v) is 3.10. The number of hydrogen-bond acceptors (Lipinski definition) is 3. The fourth-order valence-electron chi connectivity index (χ4n) is 3.10. The molecule has 2 aliphatic carbocycles. The molecule has 3 unspecified atom stereocenters. The molecule has 0 aromatic heterocycles. The molecule has 2 saturated carbocycles. The van der Waals surface area contributed by atoms with Crippen LogP contribution in [0.5, 0.6) is 0 Å². The van der Waals surface area contributed by atoms with Crippen LogP contribution in [-0.2, 0) is 4.74 Å². The second-order valence-electron chi connectivity index (χ2n) is 6.06. The molecule has 2 aliphatic rings. The average Bonchev–Trinajstić information content (AvgIpc) is 3.13. The Bertz CT molecular complexity index is 230. The molecule has 0 amide bonds. The van der Waals surface area contributed by atoms with E-state index in [9.17, 15) is 0 Å². The minimum absolute atomic E-state index is 0.426. The van der Waals surface area contributed by atoms with E-state index >= 15 is 0 Å². The normalized spacial score (nSPS) is 34.2. The monoisotopic (exact) mass is 240 g/mol. The highest BCUT2D eigenvalue weighted by Gasteiger charge is 2.33. The standard InChI is InChI=1S/C14H28N2O/c1-11-3-6-14(15)12(9-11)10-16(7-8-17-2)13-4-5-13/h11-14H,3-10,15H2,1-2H3. The largest absolute Gasteiger partial charge is 0.383 e. The van der Waals surface area contributed by atoms with Crippen LogP contribution in [0.1, 0.15) is 39.0 Å². The van der Waals surface area contributed by atoms with Crippen LogP contribution in [0.25, 0.3) is 0 Å². The molecule has 0 spiro atoms. The van der Waals surface area contributed by atoms with Gasteiger partial charge in [0.05, 0.1) is 6.61 Å². The number of hydrogen-bond donors (Lipinski definition) is 1. The number of rotatable bonds is 6. The first-order valence-electron chi connectivity index (χ1n) is 7.19. The molecule has 0 saturated heterocycles. The minimum atomic E-state index is 0.426. The second-order valence-corrected chi connectivity index (χ2v) is 6.06. The minimum Gasteiger partial charge on any atom is -0.383 e. The van der Waals surface area contributed by atoms with Gasteiger partial charge in [-0.15, -0.1) is 0 Å². The van der Waals surface area contributed by atoms with Crippen molar-refractivity contribution in [3.05, 3.63) is 0 Å². The Hall–Kier alpha value is -0.120. The molecular formula is C14H28N2O. The highest BCUT2D eigenvalue weighted by Crippen LogP contribution is 2.32. The second kappa shape index (κ2) is 6.17. The van der Waals surface area contributed by atoms with Crippen LogP contribution < -0.4 is 5.73 Å². The molecular weight excluding hydrogens is 212 g/mol. The molecule has 0 bridgehead atoms. The first-order valence-corrected chi connectivity index (χ1v) is 7.19. The van der Waals surface area contributed by atoms with E-state index in [2.05, 4.69) is 11.8 Å². The van der Waals surface area contributed by atoms with Crippen molar-refractivity contribution in [1.82, 2.24) is 4.90 Å². The summed E-state index contributed by atoms with van der Waals surface area (Å²) in [6.07, 6.45) is 6.60. The quantitative estimate of drug-likeness (QED) is 0.770. The third-order valence-corrected chi connectivity index (χ3v) is 4.42. The van der Waals surface area contributed by atoms with Gasteiger partial charge in [0.15, 0.2) is 0 Å². The lowest BCUT2D eigenvalue weighted by Gasteiger charge is -2.36. The molecule has 0 aromatic rings. The molecule has 3 heteroatoms. The lowest BCUT2D eigenvalue weighted by atomic mass is 9.79. The Kier molecular flexibility index (Phi) is 4.83. The summed E-state index contributed by atoms with van der Waals surface area (Å²) >= 11 is 0. The van der Waals surface area contributed by atoms with E-state index in [4.69, 9.17) is 10.5 Å². The van der Waals surface area contributed by atoms with E-state index in [-0.39, 0.29) is 0 Å². The van der Waals surface area contributed by atoms with Gasteiger partial charge in [-0.2, -0.15) is 0 Å². The molecule has 0 aromatic carbocycles. The summed E-state index contributed by atoms with van der Waals surface area (Å²) in [6, 6.07) is 1.25. The van der Waals surface area contributed by atoms with Crippen molar-refractivity contribution in [2.24, 2.45) is 17.6 Å². The zero-order valence-electron chi connectivity index (χ0n) is 11.4.